The van der Waals surface area contributed by atoms with Crippen molar-refractivity contribution in [3.8, 4) is 0 Å². The Balaban J connectivity index is 1.91. The highest BCUT2D eigenvalue weighted by molar-refractivity contribution is 7.80. The van der Waals surface area contributed by atoms with Crippen LogP contribution >= 0.6 is 23.8 Å². The van der Waals surface area contributed by atoms with Gasteiger partial charge in [0, 0.05) is 6.54 Å². The van der Waals surface area contributed by atoms with Crippen molar-refractivity contribution in [3.05, 3.63) is 64.7 Å². The van der Waals surface area contributed by atoms with Crippen LogP contribution in [0.2, 0.25) is 5.02 Å². The fourth-order valence-electron chi connectivity index (χ4n) is 1.74. The van der Waals surface area contributed by atoms with Gasteiger partial charge in [-0.3, -0.25) is 10.9 Å². The Hall–Kier alpha value is -1.99. The van der Waals surface area contributed by atoms with Gasteiger partial charge < -0.3 is 5.32 Å². The lowest BCUT2D eigenvalue weighted by atomic mass is 10.2. The largest absolute Gasteiger partial charge is 0.416 e. The van der Waals surface area contributed by atoms with Gasteiger partial charge >= 0.3 is 6.18 Å². The quantitative estimate of drug-likeness (QED) is 0.560. The van der Waals surface area contributed by atoms with Crippen molar-refractivity contribution in [1.29, 1.82) is 0 Å². The first kappa shape index (κ1) is 17.4. The van der Waals surface area contributed by atoms with Gasteiger partial charge in [0.15, 0.2) is 5.11 Å². The highest BCUT2D eigenvalue weighted by Gasteiger charge is 2.30. The number of rotatable bonds is 4. The molecular formula is C15H13ClF3N3S. The summed E-state index contributed by atoms with van der Waals surface area (Å²) in [6.07, 6.45) is -4.44. The normalized spacial score (nSPS) is 11.0. The summed E-state index contributed by atoms with van der Waals surface area (Å²) < 4.78 is 38.0. The van der Waals surface area contributed by atoms with Crippen LogP contribution in [0.4, 0.5) is 18.9 Å². The molecule has 0 fully saturated rings. The minimum absolute atomic E-state index is 0.0883. The first-order valence-corrected chi connectivity index (χ1v) is 7.35. The van der Waals surface area contributed by atoms with Crippen molar-refractivity contribution in [2.45, 2.75) is 12.7 Å². The third-order valence-corrected chi connectivity index (χ3v) is 3.48. The molecule has 2 aromatic carbocycles. The first-order valence-electron chi connectivity index (χ1n) is 6.57. The van der Waals surface area contributed by atoms with Gasteiger partial charge in [-0.15, -0.1) is 0 Å². The molecule has 2 rings (SSSR count). The third-order valence-electron chi connectivity index (χ3n) is 2.90. The lowest BCUT2D eigenvalue weighted by Crippen LogP contribution is -2.38. The average molecular weight is 360 g/mol. The van der Waals surface area contributed by atoms with Gasteiger partial charge in [-0.1, -0.05) is 41.9 Å². The SMILES string of the molecule is FC(F)(F)c1ccc(Cl)c(NNC(=S)NCc2ccccc2)c1. The zero-order chi connectivity index (χ0) is 16.9. The Morgan fingerprint density at radius 3 is 2.43 bits per heavy atom. The first-order chi connectivity index (χ1) is 10.9. The van der Waals surface area contributed by atoms with Crippen molar-refractivity contribution in [2.75, 3.05) is 5.43 Å². The van der Waals surface area contributed by atoms with Crippen LogP contribution in [-0.2, 0) is 12.7 Å². The van der Waals surface area contributed by atoms with Crippen molar-refractivity contribution >= 4 is 34.6 Å². The highest BCUT2D eigenvalue weighted by Crippen LogP contribution is 2.33. The standard InChI is InChI=1S/C15H13ClF3N3S/c16-12-7-6-11(15(17,18)19)8-13(12)21-22-14(23)20-9-10-4-2-1-3-5-10/h1-8,21H,9H2,(H2,20,22,23). The number of hydrogen-bond acceptors (Lipinski definition) is 2. The van der Waals surface area contributed by atoms with Crippen molar-refractivity contribution < 1.29 is 13.2 Å². The van der Waals surface area contributed by atoms with E-state index in [1.54, 1.807) is 0 Å². The van der Waals surface area contributed by atoms with Crippen LogP contribution in [0.5, 0.6) is 0 Å². The monoisotopic (exact) mass is 359 g/mol. The number of hydrogen-bond donors (Lipinski definition) is 3. The van der Waals surface area contributed by atoms with Crippen LogP contribution in [0, 0.1) is 0 Å². The Morgan fingerprint density at radius 1 is 1.09 bits per heavy atom. The molecule has 3 N–H and O–H groups in total. The van der Waals surface area contributed by atoms with Gasteiger partial charge in [0.1, 0.15) is 0 Å². The highest BCUT2D eigenvalue weighted by atomic mass is 35.5. The van der Waals surface area contributed by atoms with Gasteiger partial charge in [-0.2, -0.15) is 13.2 Å². The molecule has 0 saturated heterocycles. The molecule has 23 heavy (non-hydrogen) atoms. The van der Waals surface area contributed by atoms with Crippen LogP contribution in [0.15, 0.2) is 48.5 Å². The molecule has 0 atom stereocenters. The molecule has 3 nitrogen and oxygen atoms in total. The molecule has 0 aliphatic heterocycles. The van der Waals surface area contributed by atoms with Crippen molar-refractivity contribution in [1.82, 2.24) is 10.7 Å². The fraction of sp³-hybridized carbons (Fsp3) is 0.133. The molecule has 0 amide bonds. The lowest BCUT2D eigenvalue weighted by Gasteiger charge is -2.15. The maximum Gasteiger partial charge on any atom is 0.416 e. The van der Waals surface area contributed by atoms with E-state index < -0.39 is 11.7 Å². The number of nitrogens with one attached hydrogen (secondary N) is 3. The van der Waals surface area contributed by atoms with Gasteiger partial charge in [-0.25, -0.2) is 0 Å². The second kappa shape index (κ2) is 7.52. The van der Waals surface area contributed by atoms with Gasteiger partial charge in [0.2, 0.25) is 0 Å². The van der Waals surface area contributed by atoms with Crippen LogP contribution in [0.1, 0.15) is 11.1 Å². The van der Waals surface area contributed by atoms with Crippen LogP contribution in [-0.4, -0.2) is 5.11 Å². The summed E-state index contributed by atoms with van der Waals surface area (Å²) in [5.74, 6) is 0. The van der Waals surface area contributed by atoms with E-state index in [9.17, 15) is 13.2 Å². The summed E-state index contributed by atoms with van der Waals surface area (Å²) in [5, 5.41) is 3.31. The molecule has 0 aliphatic rings. The van der Waals surface area contributed by atoms with Crippen LogP contribution < -0.4 is 16.2 Å². The summed E-state index contributed by atoms with van der Waals surface area (Å²) in [6, 6.07) is 12.5. The summed E-state index contributed by atoms with van der Waals surface area (Å²) in [7, 11) is 0. The minimum Gasteiger partial charge on any atom is -0.357 e. The molecule has 0 bridgehead atoms. The van der Waals surface area contributed by atoms with Crippen molar-refractivity contribution in [2.24, 2.45) is 0 Å². The van der Waals surface area contributed by atoms with E-state index in [4.69, 9.17) is 23.8 Å². The molecule has 2 aromatic rings. The van der Waals surface area contributed by atoms with E-state index in [1.807, 2.05) is 30.3 Å². The predicted molar refractivity (Wildman–Crippen MR) is 89.1 cm³/mol. The molecule has 0 aliphatic carbocycles. The minimum atomic E-state index is -4.44. The van der Waals surface area contributed by atoms with E-state index in [1.165, 1.54) is 6.07 Å². The number of hydrazine groups is 1. The number of halogens is 4. The Bertz CT molecular complexity index is 677. The lowest BCUT2D eigenvalue weighted by molar-refractivity contribution is -0.137. The maximum absolute atomic E-state index is 12.7. The number of thiocarbonyl (C=S) groups is 1. The molecule has 122 valence electrons. The predicted octanol–water partition coefficient (Wildman–Crippen LogP) is 4.35. The summed E-state index contributed by atoms with van der Waals surface area (Å²) in [4.78, 5) is 0. The van der Waals surface area contributed by atoms with E-state index in [2.05, 4.69) is 16.2 Å². The molecule has 0 unspecified atom stereocenters. The number of anilines is 1. The fourth-order valence-corrected chi connectivity index (χ4v) is 2.03. The zero-order valence-corrected chi connectivity index (χ0v) is 13.3. The van der Waals surface area contributed by atoms with E-state index in [0.29, 0.717) is 6.54 Å². The molecule has 0 radical (unpaired) electrons. The molecule has 0 aromatic heterocycles. The molecule has 0 spiro atoms. The second-order valence-electron chi connectivity index (χ2n) is 4.61. The molecule has 0 heterocycles. The summed E-state index contributed by atoms with van der Waals surface area (Å²) in [5.41, 5.74) is 5.50. The van der Waals surface area contributed by atoms with E-state index >= 15 is 0 Å². The third kappa shape index (κ3) is 5.30. The second-order valence-corrected chi connectivity index (χ2v) is 5.43. The molecule has 8 heteroatoms. The summed E-state index contributed by atoms with van der Waals surface area (Å²) in [6.45, 7) is 0.491. The van der Waals surface area contributed by atoms with Crippen LogP contribution in [0.3, 0.4) is 0 Å². The maximum atomic E-state index is 12.7. The topological polar surface area (TPSA) is 36.1 Å². The van der Waals surface area contributed by atoms with Crippen molar-refractivity contribution in [3.63, 3.8) is 0 Å². The smallest absolute Gasteiger partial charge is 0.357 e. The van der Waals surface area contributed by atoms with Gasteiger partial charge in [0.25, 0.3) is 0 Å². The average Bonchev–Trinajstić information content (AvgIpc) is 2.52. The Labute approximate surface area is 141 Å². The van der Waals surface area contributed by atoms with Gasteiger partial charge in [-0.05, 0) is 36.0 Å². The number of benzene rings is 2. The number of alkyl halides is 3. The summed E-state index contributed by atoms with van der Waals surface area (Å²) >= 11 is 10.9. The van der Waals surface area contributed by atoms with E-state index in [-0.39, 0.29) is 15.8 Å². The van der Waals surface area contributed by atoms with E-state index in [0.717, 1.165) is 17.7 Å². The molecule has 0 saturated carbocycles. The molecular weight excluding hydrogens is 347 g/mol. The van der Waals surface area contributed by atoms with Gasteiger partial charge in [0.05, 0.1) is 16.3 Å². The zero-order valence-electron chi connectivity index (χ0n) is 11.7. The Kier molecular flexibility index (Phi) is 5.68. The van der Waals surface area contributed by atoms with Crippen LogP contribution in [0.25, 0.3) is 0 Å². The Morgan fingerprint density at radius 2 is 1.78 bits per heavy atom.